The van der Waals surface area contributed by atoms with Crippen LogP contribution in [0.3, 0.4) is 0 Å². The van der Waals surface area contributed by atoms with Gasteiger partial charge in [-0.1, -0.05) is 36.7 Å². The molecular weight excluding hydrogens is 296 g/mol. The van der Waals surface area contributed by atoms with E-state index in [-0.39, 0.29) is 29.3 Å². The summed E-state index contributed by atoms with van der Waals surface area (Å²) in [6.07, 6.45) is 4.17. The molecule has 1 saturated carbocycles. The average molecular weight is 313 g/mol. The Morgan fingerprint density at radius 3 is 2.65 bits per heavy atom. The predicted molar refractivity (Wildman–Crippen MR) is 83.2 cm³/mol. The third-order valence-corrected chi connectivity index (χ3v) is 3.98. The van der Waals surface area contributed by atoms with Gasteiger partial charge in [0.1, 0.15) is 5.75 Å². The third-order valence-electron chi connectivity index (χ3n) is 3.55. The molecule has 1 amide bonds. The highest BCUT2D eigenvalue weighted by atomic mass is 35.5. The largest absolute Gasteiger partial charge is 0.506 e. The van der Waals surface area contributed by atoms with E-state index < -0.39 is 0 Å². The number of hydrogen-bond donors (Lipinski definition) is 2. The quantitative estimate of drug-likeness (QED) is 0.839. The van der Waals surface area contributed by atoms with E-state index in [1.807, 2.05) is 0 Å². The molecule has 4 nitrogen and oxygen atoms in total. The van der Waals surface area contributed by atoms with Crippen LogP contribution in [0.5, 0.6) is 5.75 Å². The number of aromatic hydroxyl groups is 1. The van der Waals surface area contributed by atoms with Crippen molar-refractivity contribution in [2.45, 2.75) is 31.7 Å². The second-order valence-corrected chi connectivity index (χ2v) is 5.94. The van der Waals surface area contributed by atoms with Gasteiger partial charge in [0.05, 0.1) is 16.6 Å². The fourth-order valence-corrected chi connectivity index (χ4v) is 2.88. The highest BCUT2D eigenvalue weighted by Gasteiger charge is 2.28. The summed E-state index contributed by atoms with van der Waals surface area (Å²) in [5.41, 5.74) is 6.04. The van der Waals surface area contributed by atoms with E-state index in [1.165, 1.54) is 12.1 Å². The summed E-state index contributed by atoms with van der Waals surface area (Å²) in [5.74, 6) is -0.184. The van der Waals surface area contributed by atoms with E-state index in [0.29, 0.717) is 10.6 Å². The number of amides is 1. The summed E-state index contributed by atoms with van der Waals surface area (Å²) in [6, 6.07) is 4.63. The summed E-state index contributed by atoms with van der Waals surface area (Å²) in [7, 11) is 0. The summed E-state index contributed by atoms with van der Waals surface area (Å²) in [4.78, 5) is 14.6. The van der Waals surface area contributed by atoms with Gasteiger partial charge in [0, 0.05) is 11.6 Å². The smallest absolute Gasteiger partial charge is 0.254 e. The number of phenols is 1. The number of carbonyl (C=O) groups is 1. The number of rotatable bonds is 4. The second-order valence-electron chi connectivity index (χ2n) is 5.00. The van der Waals surface area contributed by atoms with E-state index in [1.54, 1.807) is 11.0 Å². The van der Waals surface area contributed by atoms with Crippen LogP contribution in [-0.4, -0.2) is 33.5 Å². The molecule has 1 fully saturated rings. The first-order chi connectivity index (χ1) is 9.49. The Hall–Kier alpha value is -1.33. The molecule has 20 heavy (non-hydrogen) atoms. The van der Waals surface area contributed by atoms with Gasteiger partial charge in [0.25, 0.3) is 5.91 Å². The number of benzene rings is 1. The molecule has 1 aliphatic rings. The lowest BCUT2D eigenvalue weighted by molar-refractivity contribution is 0.0714. The van der Waals surface area contributed by atoms with Gasteiger partial charge < -0.3 is 15.7 Å². The molecule has 2 rings (SSSR count). The van der Waals surface area contributed by atoms with Crippen LogP contribution in [0.15, 0.2) is 18.2 Å². The van der Waals surface area contributed by atoms with Crippen molar-refractivity contribution in [3.63, 3.8) is 0 Å². The SMILES string of the molecule is NC(=S)CN(C(=O)c1ccc(O)c(Cl)c1)C1CCCC1. The van der Waals surface area contributed by atoms with E-state index in [0.717, 1.165) is 25.7 Å². The maximum atomic E-state index is 12.6. The summed E-state index contributed by atoms with van der Waals surface area (Å²) in [5, 5.41) is 9.59. The van der Waals surface area contributed by atoms with Crippen molar-refractivity contribution in [3.05, 3.63) is 28.8 Å². The van der Waals surface area contributed by atoms with Gasteiger partial charge in [0.2, 0.25) is 0 Å². The van der Waals surface area contributed by atoms with Gasteiger partial charge >= 0.3 is 0 Å². The van der Waals surface area contributed by atoms with Crippen LogP contribution in [0.4, 0.5) is 0 Å². The lowest BCUT2D eigenvalue weighted by Crippen LogP contribution is -2.43. The van der Waals surface area contributed by atoms with Crippen LogP contribution >= 0.6 is 23.8 Å². The highest BCUT2D eigenvalue weighted by molar-refractivity contribution is 7.80. The van der Waals surface area contributed by atoms with E-state index >= 15 is 0 Å². The van der Waals surface area contributed by atoms with Crippen LogP contribution in [0.25, 0.3) is 0 Å². The van der Waals surface area contributed by atoms with Crippen molar-refractivity contribution >= 4 is 34.7 Å². The molecule has 6 heteroatoms. The fraction of sp³-hybridized carbons (Fsp3) is 0.429. The maximum absolute atomic E-state index is 12.6. The molecule has 0 saturated heterocycles. The standard InChI is InChI=1S/C14H17ClN2O2S/c15-11-7-9(5-6-12(11)18)14(19)17(8-13(16)20)10-3-1-2-4-10/h5-7,10,18H,1-4,8H2,(H2,16,20). The van der Waals surface area contributed by atoms with Gasteiger partial charge in [0.15, 0.2) is 0 Å². The van der Waals surface area contributed by atoms with Crippen LogP contribution in [0, 0.1) is 0 Å². The average Bonchev–Trinajstić information content (AvgIpc) is 2.92. The van der Waals surface area contributed by atoms with E-state index in [9.17, 15) is 9.90 Å². The number of halogens is 1. The Kier molecular flexibility index (Phi) is 4.83. The Morgan fingerprint density at radius 1 is 1.45 bits per heavy atom. The Morgan fingerprint density at radius 2 is 2.10 bits per heavy atom. The molecule has 3 N–H and O–H groups in total. The first-order valence-corrected chi connectivity index (χ1v) is 7.35. The monoisotopic (exact) mass is 312 g/mol. The zero-order chi connectivity index (χ0) is 14.7. The molecule has 0 aliphatic heterocycles. The van der Waals surface area contributed by atoms with Crippen molar-refractivity contribution in [1.82, 2.24) is 4.90 Å². The van der Waals surface area contributed by atoms with E-state index in [2.05, 4.69) is 0 Å². The fourth-order valence-electron chi connectivity index (χ4n) is 2.56. The molecule has 108 valence electrons. The van der Waals surface area contributed by atoms with Gasteiger partial charge in [-0.2, -0.15) is 0 Å². The molecule has 0 radical (unpaired) electrons. The summed E-state index contributed by atoms with van der Waals surface area (Å²) >= 11 is 10.8. The molecule has 0 atom stereocenters. The van der Waals surface area contributed by atoms with Crippen molar-refractivity contribution in [2.75, 3.05) is 6.54 Å². The number of phenolic OH excluding ortho intramolecular Hbond substituents is 1. The zero-order valence-electron chi connectivity index (χ0n) is 11.0. The number of hydrogen-bond acceptors (Lipinski definition) is 3. The van der Waals surface area contributed by atoms with Crippen LogP contribution < -0.4 is 5.73 Å². The maximum Gasteiger partial charge on any atom is 0.254 e. The van der Waals surface area contributed by atoms with Crippen LogP contribution in [-0.2, 0) is 0 Å². The van der Waals surface area contributed by atoms with Gasteiger partial charge in [-0.15, -0.1) is 0 Å². The van der Waals surface area contributed by atoms with Crippen LogP contribution in [0.1, 0.15) is 36.0 Å². The molecule has 1 aromatic rings. The minimum atomic E-state index is -0.147. The molecule has 0 spiro atoms. The molecular formula is C14H17ClN2O2S. The number of nitrogens with zero attached hydrogens (tertiary/aromatic N) is 1. The molecule has 0 aromatic heterocycles. The van der Waals surface area contributed by atoms with Crippen molar-refractivity contribution in [1.29, 1.82) is 0 Å². The normalized spacial score (nSPS) is 15.2. The third kappa shape index (κ3) is 3.41. The Labute approximate surface area is 128 Å². The minimum absolute atomic E-state index is 0.0371. The number of thiocarbonyl (C=S) groups is 1. The molecule has 0 bridgehead atoms. The first kappa shape index (κ1) is 15.1. The zero-order valence-corrected chi connectivity index (χ0v) is 12.6. The van der Waals surface area contributed by atoms with Gasteiger partial charge in [-0.25, -0.2) is 0 Å². The molecule has 0 unspecified atom stereocenters. The van der Waals surface area contributed by atoms with Crippen molar-refractivity contribution in [3.8, 4) is 5.75 Å². The highest BCUT2D eigenvalue weighted by Crippen LogP contribution is 2.27. The lowest BCUT2D eigenvalue weighted by Gasteiger charge is -2.28. The predicted octanol–water partition coefficient (Wildman–Crippen LogP) is 2.72. The first-order valence-electron chi connectivity index (χ1n) is 6.57. The number of carbonyl (C=O) groups excluding carboxylic acids is 1. The van der Waals surface area contributed by atoms with Gasteiger partial charge in [-0.05, 0) is 31.0 Å². The molecule has 0 heterocycles. The summed E-state index contributed by atoms with van der Waals surface area (Å²) < 4.78 is 0. The Balaban J connectivity index is 2.24. The lowest BCUT2D eigenvalue weighted by atomic mass is 10.1. The van der Waals surface area contributed by atoms with Gasteiger partial charge in [-0.3, -0.25) is 4.79 Å². The van der Waals surface area contributed by atoms with Crippen molar-refractivity contribution in [2.24, 2.45) is 5.73 Å². The Bertz CT molecular complexity index is 530. The van der Waals surface area contributed by atoms with Crippen molar-refractivity contribution < 1.29 is 9.90 Å². The number of nitrogens with two attached hydrogens (primary N) is 1. The minimum Gasteiger partial charge on any atom is -0.506 e. The van der Waals surface area contributed by atoms with Crippen LogP contribution in [0.2, 0.25) is 5.02 Å². The molecule has 1 aliphatic carbocycles. The topological polar surface area (TPSA) is 66.6 Å². The molecule has 1 aromatic carbocycles. The summed E-state index contributed by atoms with van der Waals surface area (Å²) in [6.45, 7) is 0.275. The van der Waals surface area contributed by atoms with E-state index in [4.69, 9.17) is 29.6 Å². The second kappa shape index (κ2) is 6.41.